The summed E-state index contributed by atoms with van der Waals surface area (Å²) in [6.07, 6.45) is 12.7. The predicted octanol–water partition coefficient (Wildman–Crippen LogP) is 5.09. The number of benzene rings is 1. The lowest BCUT2D eigenvalue weighted by atomic mass is 10.0. The summed E-state index contributed by atoms with van der Waals surface area (Å²) >= 11 is 0. The fourth-order valence-electron chi connectivity index (χ4n) is 3.09. The molecule has 1 atom stereocenters. The van der Waals surface area contributed by atoms with E-state index in [0.29, 0.717) is 6.10 Å². The average molecular weight is 329 g/mol. The maximum Gasteiger partial charge on any atom is 0.0998 e. The molecule has 1 fully saturated rings. The minimum absolute atomic E-state index is 0.383. The minimum atomic E-state index is 0.383. The zero-order valence-electron chi connectivity index (χ0n) is 15.1. The second kappa shape index (κ2) is 11.2. The standard InChI is InChI=1S/C14H28O2.C7H3N/c1-2-3-4-5-6-7-8-9-10-14-13-15-11-12-16-14;8-4-6-3-5-1-2-7(5)6/h14H,2-13H2,1H3;1-3H. The Labute approximate surface area is 146 Å². The normalized spacial score (nSPS) is 17.6. The fourth-order valence-corrected chi connectivity index (χ4v) is 3.09. The third-order valence-electron chi connectivity index (χ3n) is 4.72. The van der Waals surface area contributed by atoms with Crippen LogP contribution in [0.25, 0.3) is 0 Å². The van der Waals surface area contributed by atoms with Gasteiger partial charge in [0.1, 0.15) is 0 Å². The van der Waals surface area contributed by atoms with Gasteiger partial charge in [0.25, 0.3) is 0 Å². The van der Waals surface area contributed by atoms with Gasteiger partial charge in [-0.05, 0) is 22.9 Å². The number of unbranched alkanes of at least 4 members (excludes halogenated alkanes) is 7. The van der Waals surface area contributed by atoms with E-state index in [9.17, 15) is 0 Å². The van der Waals surface area contributed by atoms with E-state index in [4.69, 9.17) is 14.7 Å². The van der Waals surface area contributed by atoms with Gasteiger partial charge < -0.3 is 9.47 Å². The van der Waals surface area contributed by atoms with Gasteiger partial charge in [-0.15, -0.1) is 0 Å². The number of nitriles is 1. The van der Waals surface area contributed by atoms with Crippen LogP contribution in [0.3, 0.4) is 0 Å². The van der Waals surface area contributed by atoms with E-state index < -0.39 is 0 Å². The van der Waals surface area contributed by atoms with E-state index in [1.807, 2.05) is 18.2 Å². The first-order chi connectivity index (χ1) is 11.8. The molecule has 0 aromatic carbocycles. The summed E-state index contributed by atoms with van der Waals surface area (Å²) in [5.74, 6) is 0. The lowest BCUT2D eigenvalue weighted by Crippen LogP contribution is -2.28. The molecule has 0 aromatic heterocycles. The Morgan fingerprint density at radius 2 is 1.79 bits per heavy atom. The predicted molar refractivity (Wildman–Crippen MR) is 96.6 cm³/mol. The van der Waals surface area contributed by atoms with Crippen molar-refractivity contribution in [1.82, 2.24) is 0 Å². The molecule has 0 radical (unpaired) electrons. The summed E-state index contributed by atoms with van der Waals surface area (Å²) in [7, 11) is 0. The third-order valence-corrected chi connectivity index (χ3v) is 4.72. The molecule has 0 aromatic rings. The zero-order valence-corrected chi connectivity index (χ0v) is 15.1. The van der Waals surface area contributed by atoms with Crippen LogP contribution in [-0.2, 0) is 9.47 Å². The summed E-state index contributed by atoms with van der Waals surface area (Å²) in [4.78, 5) is 0. The monoisotopic (exact) mass is 329 g/mol. The molecule has 2 aliphatic carbocycles. The highest BCUT2D eigenvalue weighted by Gasteiger charge is 2.13. The van der Waals surface area contributed by atoms with Gasteiger partial charge in [-0.2, -0.15) is 5.26 Å². The molecule has 3 rings (SSSR count). The molecule has 1 saturated heterocycles. The second-order valence-corrected chi connectivity index (χ2v) is 6.70. The van der Waals surface area contributed by atoms with Gasteiger partial charge in [0.05, 0.1) is 37.6 Å². The van der Waals surface area contributed by atoms with E-state index >= 15 is 0 Å². The summed E-state index contributed by atoms with van der Waals surface area (Å²) in [5.41, 5.74) is 0.836. The van der Waals surface area contributed by atoms with E-state index in [2.05, 4.69) is 13.0 Å². The Balaban J connectivity index is 0.000000214. The van der Waals surface area contributed by atoms with Crippen LogP contribution in [0.4, 0.5) is 0 Å². The van der Waals surface area contributed by atoms with E-state index in [0.717, 1.165) is 30.6 Å². The van der Waals surface area contributed by atoms with E-state index in [-0.39, 0.29) is 0 Å². The highest BCUT2D eigenvalue weighted by atomic mass is 16.6. The van der Waals surface area contributed by atoms with Crippen LogP contribution in [0.15, 0.2) is 18.2 Å². The van der Waals surface area contributed by atoms with Crippen molar-refractivity contribution >= 4 is 0 Å². The van der Waals surface area contributed by atoms with Crippen molar-refractivity contribution in [3.05, 3.63) is 34.2 Å². The number of hydrogen-bond acceptors (Lipinski definition) is 3. The summed E-state index contributed by atoms with van der Waals surface area (Å²) in [6, 6.07) is 7.96. The lowest BCUT2D eigenvalue weighted by molar-refractivity contribution is -0.0912. The van der Waals surface area contributed by atoms with Gasteiger partial charge in [0.2, 0.25) is 0 Å². The second-order valence-electron chi connectivity index (χ2n) is 6.70. The molecule has 0 amide bonds. The van der Waals surface area contributed by atoms with Gasteiger partial charge in [-0.25, -0.2) is 0 Å². The number of rotatable bonds is 9. The van der Waals surface area contributed by atoms with Crippen molar-refractivity contribution in [1.29, 1.82) is 5.26 Å². The molecule has 3 heteroatoms. The maximum atomic E-state index is 8.32. The smallest absolute Gasteiger partial charge is 0.0998 e. The van der Waals surface area contributed by atoms with E-state index in [1.165, 1.54) is 63.0 Å². The van der Waals surface area contributed by atoms with Crippen LogP contribution >= 0.6 is 0 Å². The molecule has 0 spiro atoms. The quantitative estimate of drug-likeness (QED) is 0.602. The van der Waals surface area contributed by atoms with Crippen LogP contribution < -0.4 is 0 Å². The van der Waals surface area contributed by atoms with Crippen molar-refractivity contribution in [3.63, 3.8) is 0 Å². The summed E-state index contributed by atoms with van der Waals surface area (Å²) < 4.78 is 11.0. The van der Waals surface area contributed by atoms with Crippen LogP contribution in [0.5, 0.6) is 0 Å². The van der Waals surface area contributed by atoms with Gasteiger partial charge in [-0.1, -0.05) is 70.4 Å². The van der Waals surface area contributed by atoms with Crippen LogP contribution in [0.2, 0.25) is 0 Å². The molecule has 1 aliphatic heterocycles. The summed E-state index contributed by atoms with van der Waals surface area (Å²) in [6.45, 7) is 4.67. The molecular formula is C21H31NO2. The molecule has 132 valence electrons. The molecular weight excluding hydrogens is 298 g/mol. The van der Waals surface area contributed by atoms with Crippen LogP contribution in [0, 0.1) is 21.8 Å². The summed E-state index contributed by atoms with van der Waals surface area (Å²) in [5, 5.41) is 10.7. The van der Waals surface area contributed by atoms with Gasteiger partial charge in [0.15, 0.2) is 0 Å². The van der Waals surface area contributed by atoms with Crippen LogP contribution in [-0.4, -0.2) is 25.9 Å². The Kier molecular flexibility index (Phi) is 8.87. The SMILES string of the molecule is CCCCCCCCCCC1COCCO1.N#Cc1cc2ccc1=2. The first-order valence-corrected chi connectivity index (χ1v) is 9.59. The number of ether oxygens (including phenoxy) is 2. The third kappa shape index (κ3) is 6.26. The highest BCUT2D eigenvalue weighted by Crippen LogP contribution is 2.14. The molecule has 1 heterocycles. The largest absolute Gasteiger partial charge is 0.376 e. The van der Waals surface area contributed by atoms with Gasteiger partial charge in [-0.3, -0.25) is 0 Å². The Morgan fingerprint density at radius 1 is 1.04 bits per heavy atom. The van der Waals surface area contributed by atoms with Crippen molar-refractivity contribution < 1.29 is 9.47 Å². The van der Waals surface area contributed by atoms with Crippen molar-refractivity contribution in [2.75, 3.05) is 19.8 Å². The van der Waals surface area contributed by atoms with Crippen molar-refractivity contribution in [2.45, 2.75) is 70.8 Å². The highest BCUT2D eigenvalue weighted by molar-refractivity contribution is 5.41. The maximum absolute atomic E-state index is 8.32. The molecule has 0 N–H and O–H groups in total. The number of hydrogen-bond donors (Lipinski definition) is 0. The molecule has 24 heavy (non-hydrogen) atoms. The molecule has 0 saturated carbocycles. The minimum Gasteiger partial charge on any atom is -0.376 e. The molecule has 3 aliphatic rings. The van der Waals surface area contributed by atoms with Gasteiger partial charge in [0, 0.05) is 0 Å². The first-order valence-electron chi connectivity index (χ1n) is 9.59. The Hall–Kier alpha value is -1.37. The molecule has 1 unspecified atom stereocenters. The number of nitrogens with zero attached hydrogens (tertiary/aromatic N) is 1. The average Bonchev–Trinajstić information content (AvgIpc) is 2.61. The van der Waals surface area contributed by atoms with Crippen LogP contribution in [0.1, 0.15) is 70.3 Å². The van der Waals surface area contributed by atoms with Gasteiger partial charge >= 0.3 is 0 Å². The Morgan fingerprint density at radius 3 is 2.25 bits per heavy atom. The fraction of sp³-hybridized carbons (Fsp3) is 0.667. The van der Waals surface area contributed by atoms with Crippen molar-refractivity contribution in [3.8, 4) is 6.07 Å². The topological polar surface area (TPSA) is 42.2 Å². The first kappa shape index (κ1) is 19.0. The molecule has 3 nitrogen and oxygen atoms in total. The molecule has 0 bridgehead atoms. The Bertz CT molecular complexity index is 599. The van der Waals surface area contributed by atoms with E-state index in [1.54, 1.807) is 0 Å². The van der Waals surface area contributed by atoms with Crippen molar-refractivity contribution in [2.24, 2.45) is 0 Å². The lowest BCUT2D eigenvalue weighted by Gasteiger charge is -2.22. The zero-order chi connectivity index (χ0) is 17.0.